The second-order valence-electron chi connectivity index (χ2n) is 5.66. The summed E-state index contributed by atoms with van der Waals surface area (Å²) in [4.78, 5) is 6.77. The van der Waals surface area contributed by atoms with Crippen molar-refractivity contribution in [2.45, 2.75) is 6.04 Å². The third-order valence-electron chi connectivity index (χ3n) is 4.34. The molecule has 1 aliphatic heterocycles. The number of piperazine rings is 1. The average Bonchev–Trinajstić information content (AvgIpc) is 3.01. The van der Waals surface area contributed by atoms with Crippen LogP contribution in [0.15, 0.2) is 54.2 Å². The van der Waals surface area contributed by atoms with Crippen LogP contribution in [0.4, 0.5) is 0 Å². The summed E-state index contributed by atoms with van der Waals surface area (Å²) >= 11 is 1.84. The van der Waals surface area contributed by atoms with E-state index in [0.717, 1.165) is 26.2 Å². The van der Waals surface area contributed by atoms with Gasteiger partial charge in [-0.1, -0.05) is 18.2 Å². The lowest BCUT2D eigenvalue weighted by Crippen LogP contribution is -2.45. The van der Waals surface area contributed by atoms with Gasteiger partial charge in [0, 0.05) is 43.3 Å². The highest BCUT2D eigenvalue weighted by atomic mass is 32.1. The van der Waals surface area contributed by atoms with E-state index in [2.05, 4.69) is 57.0 Å². The van der Waals surface area contributed by atoms with E-state index >= 15 is 0 Å². The summed E-state index contributed by atoms with van der Waals surface area (Å²) in [5, 5.41) is 7.17. The van der Waals surface area contributed by atoms with Crippen molar-refractivity contribution in [3.05, 3.63) is 65.3 Å². The minimum absolute atomic E-state index is 0.321. The van der Waals surface area contributed by atoms with Gasteiger partial charge in [0.2, 0.25) is 0 Å². The van der Waals surface area contributed by atoms with Gasteiger partial charge in [0.05, 0.1) is 6.04 Å². The SMILES string of the molecule is c1ccc2c(C(c3ccncc3)N3CCNCC3)csc2c1. The van der Waals surface area contributed by atoms with Gasteiger partial charge in [-0.05, 0) is 40.1 Å². The van der Waals surface area contributed by atoms with Gasteiger partial charge in [-0.2, -0.15) is 0 Å². The molecular weight excluding hydrogens is 290 g/mol. The summed E-state index contributed by atoms with van der Waals surface area (Å²) in [6.07, 6.45) is 3.80. The number of fused-ring (bicyclic) bond motifs is 1. The number of hydrogen-bond acceptors (Lipinski definition) is 4. The lowest BCUT2D eigenvalue weighted by Gasteiger charge is -2.35. The van der Waals surface area contributed by atoms with E-state index in [0.29, 0.717) is 6.04 Å². The largest absolute Gasteiger partial charge is 0.314 e. The van der Waals surface area contributed by atoms with Crippen molar-refractivity contribution >= 4 is 21.4 Å². The molecule has 0 amide bonds. The molecule has 112 valence electrons. The summed E-state index contributed by atoms with van der Waals surface area (Å²) in [7, 11) is 0. The van der Waals surface area contributed by atoms with Gasteiger partial charge >= 0.3 is 0 Å². The van der Waals surface area contributed by atoms with Gasteiger partial charge in [-0.25, -0.2) is 0 Å². The van der Waals surface area contributed by atoms with Crippen LogP contribution in [0.25, 0.3) is 10.1 Å². The number of rotatable bonds is 3. The Balaban J connectivity index is 1.83. The molecular formula is C18H19N3S. The molecule has 1 unspecified atom stereocenters. The first kappa shape index (κ1) is 13.9. The predicted molar refractivity (Wildman–Crippen MR) is 92.3 cm³/mol. The van der Waals surface area contributed by atoms with E-state index in [9.17, 15) is 0 Å². The molecule has 4 rings (SSSR count). The van der Waals surface area contributed by atoms with Crippen LogP contribution in [0.5, 0.6) is 0 Å². The topological polar surface area (TPSA) is 28.2 Å². The molecule has 0 spiro atoms. The van der Waals surface area contributed by atoms with E-state index < -0.39 is 0 Å². The smallest absolute Gasteiger partial charge is 0.0618 e. The second kappa shape index (κ2) is 6.16. The van der Waals surface area contributed by atoms with Gasteiger partial charge < -0.3 is 5.32 Å². The number of benzene rings is 1. The Morgan fingerprint density at radius 3 is 2.64 bits per heavy atom. The Kier molecular flexibility index (Phi) is 3.89. The molecule has 1 aliphatic rings. The first-order valence-corrected chi connectivity index (χ1v) is 8.62. The Labute approximate surface area is 134 Å². The lowest BCUT2D eigenvalue weighted by molar-refractivity contribution is 0.199. The van der Waals surface area contributed by atoms with Gasteiger partial charge in [0.25, 0.3) is 0 Å². The summed E-state index contributed by atoms with van der Waals surface area (Å²) in [5.74, 6) is 0. The van der Waals surface area contributed by atoms with Gasteiger partial charge in [0.15, 0.2) is 0 Å². The van der Waals surface area contributed by atoms with Crippen LogP contribution < -0.4 is 5.32 Å². The molecule has 4 heteroatoms. The summed E-state index contributed by atoms with van der Waals surface area (Å²) < 4.78 is 1.37. The van der Waals surface area contributed by atoms with E-state index in [1.54, 1.807) is 0 Å². The summed E-state index contributed by atoms with van der Waals surface area (Å²) in [5.41, 5.74) is 2.76. The number of aromatic nitrogens is 1. The van der Waals surface area contributed by atoms with Crippen molar-refractivity contribution in [1.29, 1.82) is 0 Å². The lowest BCUT2D eigenvalue weighted by atomic mass is 9.97. The van der Waals surface area contributed by atoms with Crippen LogP contribution >= 0.6 is 11.3 Å². The van der Waals surface area contributed by atoms with Crippen LogP contribution in [0.1, 0.15) is 17.2 Å². The van der Waals surface area contributed by atoms with Gasteiger partial charge in [0.1, 0.15) is 0 Å². The number of nitrogens with zero attached hydrogens (tertiary/aromatic N) is 2. The first-order chi connectivity index (χ1) is 10.9. The number of pyridine rings is 1. The van der Waals surface area contributed by atoms with Gasteiger partial charge in [-0.15, -0.1) is 11.3 Å². The first-order valence-electron chi connectivity index (χ1n) is 7.74. The zero-order valence-corrected chi connectivity index (χ0v) is 13.2. The maximum absolute atomic E-state index is 4.19. The number of hydrogen-bond donors (Lipinski definition) is 1. The van der Waals surface area contributed by atoms with Crippen LogP contribution in [-0.2, 0) is 0 Å². The number of thiophene rings is 1. The fourth-order valence-electron chi connectivity index (χ4n) is 3.28. The monoisotopic (exact) mass is 309 g/mol. The fourth-order valence-corrected chi connectivity index (χ4v) is 4.26. The highest BCUT2D eigenvalue weighted by Crippen LogP contribution is 2.36. The molecule has 2 aromatic heterocycles. The van der Waals surface area contributed by atoms with Crippen molar-refractivity contribution < 1.29 is 0 Å². The second-order valence-corrected chi connectivity index (χ2v) is 6.57. The summed E-state index contributed by atoms with van der Waals surface area (Å²) in [6.45, 7) is 4.28. The molecule has 22 heavy (non-hydrogen) atoms. The molecule has 1 fully saturated rings. The van der Waals surface area contributed by atoms with Crippen molar-refractivity contribution in [1.82, 2.24) is 15.2 Å². The molecule has 3 heterocycles. The predicted octanol–water partition coefficient (Wildman–Crippen LogP) is 3.29. The summed E-state index contributed by atoms with van der Waals surface area (Å²) in [6, 6.07) is 13.3. The number of nitrogens with one attached hydrogen (secondary N) is 1. The molecule has 1 N–H and O–H groups in total. The Morgan fingerprint density at radius 2 is 1.82 bits per heavy atom. The minimum Gasteiger partial charge on any atom is -0.314 e. The van der Waals surface area contributed by atoms with Gasteiger partial charge in [-0.3, -0.25) is 9.88 Å². The highest BCUT2D eigenvalue weighted by molar-refractivity contribution is 7.17. The standard InChI is InChI=1S/C18H19N3S/c1-2-4-17-15(3-1)16(13-22-17)18(14-5-7-19-8-6-14)21-11-9-20-10-12-21/h1-8,13,18,20H,9-12H2. The van der Waals surface area contributed by atoms with E-state index in [4.69, 9.17) is 0 Å². The normalized spacial score (nSPS) is 17.6. The molecule has 0 radical (unpaired) electrons. The molecule has 0 aliphatic carbocycles. The van der Waals surface area contributed by atoms with Crippen LogP contribution in [0.3, 0.4) is 0 Å². The maximum atomic E-state index is 4.19. The highest BCUT2D eigenvalue weighted by Gasteiger charge is 2.25. The Hall–Kier alpha value is -1.75. The fraction of sp³-hybridized carbons (Fsp3) is 0.278. The molecule has 1 aromatic carbocycles. The zero-order chi connectivity index (χ0) is 14.8. The molecule has 1 saturated heterocycles. The van der Waals surface area contributed by atoms with E-state index in [1.165, 1.54) is 21.2 Å². The quantitative estimate of drug-likeness (QED) is 0.805. The Morgan fingerprint density at radius 1 is 1.05 bits per heavy atom. The zero-order valence-electron chi connectivity index (χ0n) is 12.4. The maximum Gasteiger partial charge on any atom is 0.0618 e. The third kappa shape index (κ3) is 2.54. The van der Waals surface area contributed by atoms with Crippen molar-refractivity contribution in [2.24, 2.45) is 0 Å². The molecule has 3 nitrogen and oxygen atoms in total. The average molecular weight is 309 g/mol. The van der Waals surface area contributed by atoms with Crippen LogP contribution in [-0.4, -0.2) is 36.1 Å². The molecule has 0 bridgehead atoms. The minimum atomic E-state index is 0.321. The van der Waals surface area contributed by atoms with Crippen molar-refractivity contribution in [3.63, 3.8) is 0 Å². The third-order valence-corrected chi connectivity index (χ3v) is 5.33. The molecule has 0 saturated carbocycles. The van der Waals surface area contributed by atoms with Crippen LogP contribution in [0.2, 0.25) is 0 Å². The molecule has 3 aromatic rings. The Bertz CT molecular complexity index is 747. The van der Waals surface area contributed by atoms with E-state index in [-0.39, 0.29) is 0 Å². The van der Waals surface area contributed by atoms with Crippen LogP contribution in [0, 0.1) is 0 Å². The van der Waals surface area contributed by atoms with Crippen molar-refractivity contribution in [2.75, 3.05) is 26.2 Å². The van der Waals surface area contributed by atoms with Crippen molar-refractivity contribution in [3.8, 4) is 0 Å². The van der Waals surface area contributed by atoms with E-state index in [1.807, 2.05) is 23.7 Å². The molecule has 1 atom stereocenters.